The summed E-state index contributed by atoms with van der Waals surface area (Å²) in [5.41, 5.74) is 8.97. The summed E-state index contributed by atoms with van der Waals surface area (Å²) in [5, 5.41) is 11.9. The van der Waals surface area contributed by atoms with Gasteiger partial charge in [0.05, 0.1) is 11.3 Å². The van der Waals surface area contributed by atoms with Crippen LogP contribution in [0.15, 0.2) is 30.7 Å². The van der Waals surface area contributed by atoms with Crippen LogP contribution in [0, 0.1) is 18.3 Å². The Morgan fingerprint density at radius 3 is 2.94 bits per heavy atom. The van der Waals surface area contributed by atoms with Gasteiger partial charge in [0.25, 0.3) is 0 Å². The number of hydrogen-bond donors (Lipinski definition) is 2. The molecule has 0 fully saturated rings. The number of nitrogens with one attached hydrogen (secondary N) is 1. The molecular formula is C13H13N5. The Hall–Kier alpha value is -2.61. The maximum absolute atomic E-state index is 8.72. The molecule has 0 spiro atoms. The van der Waals surface area contributed by atoms with Crippen LogP contribution < -0.4 is 11.1 Å². The van der Waals surface area contributed by atoms with Crippen molar-refractivity contribution in [2.45, 2.75) is 13.5 Å². The SMILES string of the molecule is Cc1ccncc1CNc1ncc(C#N)cc1N. The molecule has 0 aromatic carbocycles. The van der Waals surface area contributed by atoms with Gasteiger partial charge in [-0.15, -0.1) is 0 Å². The van der Waals surface area contributed by atoms with E-state index in [-0.39, 0.29) is 0 Å². The van der Waals surface area contributed by atoms with Crippen molar-refractivity contribution in [1.29, 1.82) is 5.26 Å². The van der Waals surface area contributed by atoms with Crippen molar-refractivity contribution in [3.05, 3.63) is 47.4 Å². The summed E-state index contributed by atoms with van der Waals surface area (Å²) in [6.45, 7) is 2.62. The van der Waals surface area contributed by atoms with Crippen LogP contribution in [0.3, 0.4) is 0 Å². The van der Waals surface area contributed by atoms with Crippen molar-refractivity contribution >= 4 is 11.5 Å². The number of nitrogen functional groups attached to an aromatic ring is 1. The maximum Gasteiger partial charge on any atom is 0.149 e. The summed E-state index contributed by atoms with van der Waals surface area (Å²) in [5.74, 6) is 0.581. The van der Waals surface area contributed by atoms with Crippen LogP contribution >= 0.6 is 0 Å². The van der Waals surface area contributed by atoms with Gasteiger partial charge in [-0.05, 0) is 30.2 Å². The Kier molecular flexibility index (Phi) is 3.39. The van der Waals surface area contributed by atoms with Crippen LogP contribution in [-0.2, 0) is 6.54 Å². The monoisotopic (exact) mass is 239 g/mol. The van der Waals surface area contributed by atoms with Gasteiger partial charge in [0.1, 0.15) is 11.9 Å². The normalized spacial score (nSPS) is 9.78. The van der Waals surface area contributed by atoms with E-state index in [4.69, 9.17) is 11.0 Å². The fourth-order valence-corrected chi connectivity index (χ4v) is 1.55. The van der Waals surface area contributed by atoms with Gasteiger partial charge in [0.2, 0.25) is 0 Å². The van der Waals surface area contributed by atoms with Crippen molar-refractivity contribution < 1.29 is 0 Å². The summed E-state index contributed by atoms with van der Waals surface area (Å²) in [6.07, 6.45) is 5.06. The molecule has 2 rings (SSSR count). The first-order valence-corrected chi connectivity index (χ1v) is 5.49. The van der Waals surface area contributed by atoms with Crippen LogP contribution in [0.2, 0.25) is 0 Å². The van der Waals surface area contributed by atoms with Crippen molar-refractivity contribution in [2.24, 2.45) is 0 Å². The van der Waals surface area contributed by atoms with Crippen LogP contribution in [0.1, 0.15) is 16.7 Å². The Balaban J connectivity index is 2.12. The van der Waals surface area contributed by atoms with Gasteiger partial charge in [0, 0.05) is 25.1 Å². The topological polar surface area (TPSA) is 87.6 Å². The summed E-state index contributed by atoms with van der Waals surface area (Å²) >= 11 is 0. The summed E-state index contributed by atoms with van der Waals surface area (Å²) in [7, 11) is 0. The molecule has 90 valence electrons. The highest BCUT2D eigenvalue weighted by Crippen LogP contribution is 2.17. The standard InChI is InChI=1S/C13H13N5/c1-9-2-3-16-7-11(9)8-18-13-12(15)4-10(5-14)6-17-13/h2-4,6-7H,8,15H2,1H3,(H,17,18). The quantitative estimate of drug-likeness (QED) is 0.853. The number of nitrogens with two attached hydrogens (primary N) is 1. The van der Waals surface area contributed by atoms with E-state index in [1.807, 2.05) is 25.3 Å². The Morgan fingerprint density at radius 1 is 1.44 bits per heavy atom. The minimum absolute atomic E-state index is 0.454. The van der Waals surface area contributed by atoms with Crippen LogP contribution in [-0.4, -0.2) is 9.97 Å². The van der Waals surface area contributed by atoms with Crippen molar-refractivity contribution in [3.8, 4) is 6.07 Å². The first-order valence-electron chi connectivity index (χ1n) is 5.49. The number of aromatic nitrogens is 2. The largest absolute Gasteiger partial charge is 0.396 e. The second-order valence-corrected chi connectivity index (χ2v) is 3.93. The average Bonchev–Trinajstić information content (AvgIpc) is 2.39. The van der Waals surface area contributed by atoms with E-state index in [0.29, 0.717) is 23.6 Å². The zero-order valence-corrected chi connectivity index (χ0v) is 10.0. The number of pyridine rings is 2. The highest BCUT2D eigenvalue weighted by molar-refractivity contribution is 5.63. The molecule has 5 heteroatoms. The van der Waals surface area contributed by atoms with E-state index < -0.39 is 0 Å². The van der Waals surface area contributed by atoms with Gasteiger partial charge in [0.15, 0.2) is 0 Å². The third-order valence-electron chi connectivity index (χ3n) is 2.64. The molecule has 2 aromatic rings. The smallest absolute Gasteiger partial charge is 0.149 e. The molecule has 0 aliphatic rings. The number of aryl methyl sites for hydroxylation is 1. The lowest BCUT2D eigenvalue weighted by atomic mass is 10.1. The van der Waals surface area contributed by atoms with Crippen molar-refractivity contribution in [2.75, 3.05) is 11.1 Å². The number of nitriles is 1. The van der Waals surface area contributed by atoms with E-state index in [9.17, 15) is 0 Å². The summed E-state index contributed by atoms with van der Waals surface area (Å²) in [4.78, 5) is 8.19. The third kappa shape index (κ3) is 2.55. The molecule has 0 aliphatic heterocycles. The first-order chi connectivity index (χ1) is 8.70. The van der Waals surface area contributed by atoms with E-state index in [0.717, 1.165) is 11.1 Å². The molecule has 0 radical (unpaired) electrons. The number of anilines is 2. The number of rotatable bonds is 3. The number of hydrogen-bond acceptors (Lipinski definition) is 5. The molecular weight excluding hydrogens is 226 g/mol. The zero-order valence-electron chi connectivity index (χ0n) is 10.0. The van der Waals surface area contributed by atoms with Gasteiger partial charge in [-0.25, -0.2) is 4.98 Å². The Bertz CT molecular complexity index is 601. The summed E-state index contributed by atoms with van der Waals surface area (Å²) < 4.78 is 0. The molecule has 0 saturated carbocycles. The highest BCUT2D eigenvalue weighted by atomic mass is 15.0. The first kappa shape index (κ1) is 11.9. The van der Waals surface area contributed by atoms with Crippen LogP contribution in [0.5, 0.6) is 0 Å². The molecule has 2 aromatic heterocycles. The van der Waals surface area contributed by atoms with Gasteiger partial charge in [-0.2, -0.15) is 5.26 Å². The van der Waals surface area contributed by atoms with E-state index in [2.05, 4.69) is 15.3 Å². The summed E-state index contributed by atoms with van der Waals surface area (Å²) in [6, 6.07) is 5.55. The van der Waals surface area contributed by atoms with Crippen molar-refractivity contribution in [1.82, 2.24) is 9.97 Å². The van der Waals surface area contributed by atoms with Gasteiger partial charge in [-0.1, -0.05) is 0 Å². The second kappa shape index (κ2) is 5.15. The molecule has 2 heterocycles. The van der Waals surface area contributed by atoms with Crippen molar-refractivity contribution in [3.63, 3.8) is 0 Å². The Labute approximate surface area is 105 Å². The predicted octanol–water partition coefficient (Wildman–Crippen LogP) is 1.85. The molecule has 0 atom stereocenters. The molecule has 0 bridgehead atoms. The molecule has 0 saturated heterocycles. The molecule has 0 aliphatic carbocycles. The fraction of sp³-hybridized carbons (Fsp3) is 0.154. The minimum Gasteiger partial charge on any atom is -0.396 e. The van der Waals surface area contributed by atoms with Crippen LogP contribution in [0.25, 0.3) is 0 Å². The lowest BCUT2D eigenvalue weighted by molar-refractivity contribution is 1.06. The zero-order chi connectivity index (χ0) is 13.0. The molecule has 5 nitrogen and oxygen atoms in total. The minimum atomic E-state index is 0.454. The number of nitrogens with zero attached hydrogens (tertiary/aromatic N) is 3. The molecule has 0 unspecified atom stereocenters. The van der Waals surface area contributed by atoms with Gasteiger partial charge in [-0.3, -0.25) is 4.98 Å². The molecule has 0 amide bonds. The second-order valence-electron chi connectivity index (χ2n) is 3.93. The third-order valence-corrected chi connectivity index (χ3v) is 2.64. The lowest BCUT2D eigenvalue weighted by Crippen LogP contribution is -2.06. The Morgan fingerprint density at radius 2 is 2.28 bits per heavy atom. The van der Waals surface area contributed by atoms with Gasteiger partial charge < -0.3 is 11.1 Å². The van der Waals surface area contributed by atoms with E-state index in [1.54, 1.807) is 12.3 Å². The fourth-order valence-electron chi connectivity index (χ4n) is 1.55. The van der Waals surface area contributed by atoms with E-state index in [1.165, 1.54) is 6.20 Å². The molecule has 3 N–H and O–H groups in total. The lowest BCUT2D eigenvalue weighted by Gasteiger charge is -2.09. The van der Waals surface area contributed by atoms with Crippen LogP contribution in [0.4, 0.5) is 11.5 Å². The molecule has 18 heavy (non-hydrogen) atoms. The highest BCUT2D eigenvalue weighted by Gasteiger charge is 2.03. The maximum atomic E-state index is 8.72. The van der Waals surface area contributed by atoms with Gasteiger partial charge >= 0.3 is 0 Å². The van der Waals surface area contributed by atoms with E-state index >= 15 is 0 Å². The average molecular weight is 239 g/mol. The predicted molar refractivity (Wildman–Crippen MR) is 69.7 cm³/mol.